The summed E-state index contributed by atoms with van der Waals surface area (Å²) < 4.78 is 0. The summed E-state index contributed by atoms with van der Waals surface area (Å²) in [5.41, 5.74) is 0.983. The molecule has 3 amide bonds. The lowest BCUT2D eigenvalue weighted by Gasteiger charge is -2.34. The van der Waals surface area contributed by atoms with Gasteiger partial charge in [0.2, 0.25) is 17.7 Å². The number of hydrogen-bond donors (Lipinski definition) is 0. The summed E-state index contributed by atoms with van der Waals surface area (Å²) in [4.78, 5) is 43.3. The number of rotatable bonds is 4. The Morgan fingerprint density at radius 1 is 0.929 bits per heavy atom. The third-order valence-electron chi connectivity index (χ3n) is 7.04. The molecule has 0 N–H and O–H groups in total. The Labute approximate surface area is 165 Å². The van der Waals surface area contributed by atoms with E-state index in [4.69, 9.17) is 0 Å². The van der Waals surface area contributed by atoms with Crippen LogP contribution in [0.2, 0.25) is 0 Å². The van der Waals surface area contributed by atoms with Crippen LogP contribution in [0.15, 0.2) is 42.5 Å². The van der Waals surface area contributed by atoms with Crippen molar-refractivity contribution in [3.8, 4) is 0 Å². The van der Waals surface area contributed by atoms with E-state index in [1.807, 2.05) is 35.2 Å². The first-order chi connectivity index (χ1) is 13.6. The molecule has 2 aliphatic heterocycles. The number of benzene rings is 1. The number of nitrogens with zero attached hydrogens (tertiary/aromatic N) is 2. The maximum absolute atomic E-state index is 13.4. The van der Waals surface area contributed by atoms with Gasteiger partial charge >= 0.3 is 0 Å². The highest BCUT2D eigenvalue weighted by Crippen LogP contribution is 2.53. The second-order valence-electron chi connectivity index (χ2n) is 8.64. The minimum Gasteiger partial charge on any atom is -0.341 e. The molecule has 3 fully saturated rings. The molecule has 1 aromatic rings. The number of carbonyl (C=O) groups is 3. The molecular formula is C23H26N2O3. The van der Waals surface area contributed by atoms with E-state index in [1.165, 1.54) is 4.90 Å². The van der Waals surface area contributed by atoms with Gasteiger partial charge in [-0.2, -0.15) is 0 Å². The summed E-state index contributed by atoms with van der Waals surface area (Å²) in [6.45, 7) is 1.44. The van der Waals surface area contributed by atoms with Gasteiger partial charge in [-0.1, -0.05) is 42.5 Å². The van der Waals surface area contributed by atoms with Crippen LogP contribution in [0, 0.1) is 23.7 Å². The Bertz CT molecular complexity index is 798. The lowest BCUT2D eigenvalue weighted by Crippen LogP contribution is -2.53. The van der Waals surface area contributed by atoms with Crippen LogP contribution in [-0.2, 0) is 20.8 Å². The molecule has 1 saturated carbocycles. The summed E-state index contributed by atoms with van der Waals surface area (Å²) in [6.07, 6.45) is 8.61. The third-order valence-corrected chi connectivity index (χ3v) is 7.04. The normalized spacial score (nSPS) is 32.1. The Balaban J connectivity index is 1.46. The van der Waals surface area contributed by atoms with E-state index in [-0.39, 0.29) is 41.4 Å². The number of likely N-dealkylation sites (tertiary alicyclic amines) is 2. The number of amides is 3. The molecule has 5 nitrogen and oxygen atoms in total. The van der Waals surface area contributed by atoms with Crippen LogP contribution < -0.4 is 0 Å². The van der Waals surface area contributed by atoms with E-state index >= 15 is 0 Å². The topological polar surface area (TPSA) is 57.7 Å². The number of allylic oxidation sites excluding steroid dienone is 2. The van der Waals surface area contributed by atoms with Crippen molar-refractivity contribution in [3.05, 3.63) is 48.0 Å². The van der Waals surface area contributed by atoms with Crippen LogP contribution in [0.4, 0.5) is 0 Å². The smallest absolute Gasteiger partial charge is 0.246 e. The largest absolute Gasteiger partial charge is 0.341 e. The van der Waals surface area contributed by atoms with Gasteiger partial charge in [-0.25, -0.2) is 0 Å². The van der Waals surface area contributed by atoms with Crippen LogP contribution in [0.25, 0.3) is 0 Å². The van der Waals surface area contributed by atoms with Crippen molar-refractivity contribution >= 4 is 17.7 Å². The molecule has 4 aliphatic rings. The zero-order valence-corrected chi connectivity index (χ0v) is 16.0. The van der Waals surface area contributed by atoms with Gasteiger partial charge in [-0.15, -0.1) is 0 Å². The fourth-order valence-electron chi connectivity index (χ4n) is 5.68. The van der Waals surface area contributed by atoms with Gasteiger partial charge in [0.15, 0.2) is 0 Å². The highest BCUT2D eigenvalue weighted by atomic mass is 16.2. The van der Waals surface area contributed by atoms with Gasteiger partial charge in [0, 0.05) is 19.5 Å². The van der Waals surface area contributed by atoms with Gasteiger partial charge in [-0.3, -0.25) is 19.3 Å². The lowest BCUT2D eigenvalue weighted by molar-refractivity contribution is -0.152. The molecule has 2 bridgehead atoms. The van der Waals surface area contributed by atoms with Crippen molar-refractivity contribution in [2.45, 2.75) is 38.1 Å². The van der Waals surface area contributed by atoms with Crippen molar-refractivity contribution in [2.75, 3.05) is 13.1 Å². The lowest BCUT2D eigenvalue weighted by atomic mass is 9.85. The number of hydrogen-bond acceptors (Lipinski definition) is 3. The van der Waals surface area contributed by atoms with Crippen molar-refractivity contribution in [2.24, 2.45) is 23.7 Å². The fraction of sp³-hybridized carbons (Fsp3) is 0.522. The van der Waals surface area contributed by atoms with Crippen molar-refractivity contribution in [3.63, 3.8) is 0 Å². The summed E-state index contributed by atoms with van der Waals surface area (Å²) in [5.74, 6) is -0.496. The second kappa shape index (κ2) is 6.87. The average Bonchev–Trinajstić information content (AvgIpc) is 3.41. The summed E-state index contributed by atoms with van der Waals surface area (Å²) in [5, 5.41) is 0. The Kier molecular flexibility index (Phi) is 4.33. The minimum absolute atomic E-state index is 0.0643. The number of piperidine rings is 1. The molecule has 0 spiro atoms. The van der Waals surface area contributed by atoms with Crippen molar-refractivity contribution < 1.29 is 14.4 Å². The SMILES string of the molecule is O=C([C@@H](Cc1ccccc1)N1C(=O)[C@@H]2[C@H](C1=O)[C@H]1C=C[C@H]2C1)N1CCCCC1. The molecule has 2 heterocycles. The van der Waals surface area contributed by atoms with Gasteiger partial charge in [0.1, 0.15) is 6.04 Å². The zero-order chi connectivity index (χ0) is 19.3. The highest BCUT2D eigenvalue weighted by Gasteiger charge is 2.61. The van der Waals surface area contributed by atoms with Crippen LogP contribution >= 0.6 is 0 Å². The summed E-state index contributed by atoms with van der Waals surface area (Å²) in [6, 6.07) is 9.02. The molecule has 2 saturated heterocycles. The number of fused-ring (bicyclic) bond motifs is 5. The Hall–Kier alpha value is -2.43. The molecule has 0 radical (unpaired) electrons. The number of carbonyl (C=O) groups excluding carboxylic acids is 3. The van der Waals surface area contributed by atoms with Crippen molar-refractivity contribution in [1.29, 1.82) is 0 Å². The molecule has 5 heteroatoms. The molecule has 28 heavy (non-hydrogen) atoms. The maximum Gasteiger partial charge on any atom is 0.246 e. The van der Waals surface area contributed by atoms with Crippen LogP contribution in [-0.4, -0.2) is 46.7 Å². The molecule has 146 valence electrons. The minimum atomic E-state index is -0.717. The van der Waals surface area contributed by atoms with Gasteiger partial charge < -0.3 is 4.90 Å². The van der Waals surface area contributed by atoms with Crippen LogP contribution in [0.1, 0.15) is 31.2 Å². The average molecular weight is 378 g/mol. The van der Waals surface area contributed by atoms with Gasteiger partial charge in [-0.05, 0) is 43.1 Å². The Morgan fingerprint density at radius 3 is 2.14 bits per heavy atom. The first-order valence-corrected chi connectivity index (χ1v) is 10.5. The molecule has 0 aromatic heterocycles. The predicted octanol–water partition coefficient (Wildman–Crippen LogP) is 2.42. The van der Waals surface area contributed by atoms with Crippen molar-refractivity contribution in [1.82, 2.24) is 9.80 Å². The standard InChI is InChI=1S/C23H26N2O3/c26-21(24-11-5-2-6-12-24)18(13-15-7-3-1-4-8-15)25-22(27)19-16-9-10-17(14-16)20(19)23(25)28/h1,3-4,7-10,16-20H,2,5-6,11-14H2/t16-,17-,18+,19-,20+/m0/s1. The fourth-order valence-corrected chi connectivity index (χ4v) is 5.68. The van der Waals surface area contributed by atoms with E-state index in [0.717, 1.165) is 44.3 Å². The van der Waals surface area contributed by atoms with E-state index in [2.05, 4.69) is 12.2 Å². The van der Waals surface area contributed by atoms with E-state index < -0.39 is 6.04 Å². The molecule has 5 rings (SSSR count). The second-order valence-corrected chi connectivity index (χ2v) is 8.64. The molecular weight excluding hydrogens is 352 g/mol. The molecule has 2 aliphatic carbocycles. The van der Waals surface area contributed by atoms with Gasteiger partial charge in [0.25, 0.3) is 0 Å². The zero-order valence-electron chi connectivity index (χ0n) is 16.0. The first-order valence-electron chi connectivity index (χ1n) is 10.5. The van der Waals surface area contributed by atoms with Gasteiger partial charge in [0.05, 0.1) is 11.8 Å². The monoisotopic (exact) mass is 378 g/mol. The van der Waals surface area contributed by atoms with E-state index in [0.29, 0.717) is 6.42 Å². The predicted molar refractivity (Wildman–Crippen MR) is 104 cm³/mol. The quantitative estimate of drug-likeness (QED) is 0.597. The molecule has 5 atom stereocenters. The van der Waals surface area contributed by atoms with Crippen LogP contribution in [0.5, 0.6) is 0 Å². The molecule has 0 unspecified atom stereocenters. The Morgan fingerprint density at radius 2 is 1.54 bits per heavy atom. The first kappa shape index (κ1) is 17.7. The summed E-state index contributed by atoms with van der Waals surface area (Å²) >= 11 is 0. The van der Waals surface area contributed by atoms with E-state index in [1.54, 1.807) is 0 Å². The molecule has 1 aromatic carbocycles. The maximum atomic E-state index is 13.4. The van der Waals surface area contributed by atoms with E-state index in [9.17, 15) is 14.4 Å². The third kappa shape index (κ3) is 2.71. The number of imide groups is 1. The summed E-state index contributed by atoms with van der Waals surface area (Å²) in [7, 11) is 0. The van der Waals surface area contributed by atoms with Crippen LogP contribution in [0.3, 0.4) is 0 Å². The highest BCUT2D eigenvalue weighted by molar-refractivity contribution is 6.09.